The average Bonchev–Trinajstić information content (AvgIpc) is 2.35. The lowest BCUT2D eigenvalue weighted by Gasteiger charge is -2.09. The summed E-state index contributed by atoms with van der Waals surface area (Å²) in [4.78, 5) is 16.8. The van der Waals surface area contributed by atoms with Crippen LogP contribution in [0.2, 0.25) is 0 Å². The average molecular weight is 238 g/mol. The number of nitrogens with two attached hydrogens (primary N) is 1. The maximum absolute atomic E-state index is 11.8. The van der Waals surface area contributed by atoms with Crippen LogP contribution in [0.1, 0.15) is 15.9 Å². The highest BCUT2D eigenvalue weighted by Gasteiger charge is 2.09. The highest BCUT2D eigenvalue weighted by molar-refractivity contribution is 5.94. The van der Waals surface area contributed by atoms with Crippen LogP contribution in [0, 0.1) is 0 Å². The lowest BCUT2D eigenvalue weighted by atomic mass is 10.0. The number of carbonyl (C=O) groups excluding carboxylic acids is 1. The van der Waals surface area contributed by atoms with Gasteiger partial charge in [-0.3, -0.25) is 9.63 Å². The second-order valence-corrected chi connectivity index (χ2v) is 3.47. The molecule has 0 atom stereocenters. The molecule has 3 N–H and O–H groups in total. The van der Waals surface area contributed by atoms with Gasteiger partial charge < -0.3 is 10.5 Å². The molecule has 0 aliphatic heterocycles. The standard InChI is InChI=1S/C12H18N2O3/c1-16-8-9-17-14-12(15)11-5-3-2-4-10(11)6-7-13/h2-5H,6-9,13H2,1H3,(H,14,15). The Morgan fingerprint density at radius 2 is 2.12 bits per heavy atom. The number of nitrogens with one attached hydrogen (secondary N) is 1. The minimum atomic E-state index is -0.259. The van der Waals surface area contributed by atoms with Gasteiger partial charge in [-0.15, -0.1) is 0 Å². The lowest BCUT2D eigenvalue weighted by Crippen LogP contribution is -2.26. The van der Waals surface area contributed by atoms with Crippen molar-refractivity contribution in [1.82, 2.24) is 5.48 Å². The molecule has 0 fully saturated rings. The van der Waals surface area contributed by atoms with Gasteiger partial charge in [0.1, 0.15) is 0 Å². The molecule has 0 aliphatic rings. The molecule has 0 heterocycles. The number of rotatable bonds is 7. The van der Waals surface area contributed by atoms with Crippen LogP contribution in [0.25, 0.3) is 0 Å². The van der Waals surface area contributed by atoms with Crippen LogP contribution in [0.4, 0.5) is 0 Å². The van der Waals surface area contributed by atoms with Crippen molar-refractivity contribution in [1.29, 1.82) is 0 Å². The third-order valence-corrected chi connectivity index (χ3v) is 2.23. The van der Waals surface area contributed by atoms with Crippen molar-refractivity contribution in [2.24, 2.45) is 5.73 Å². The highest BCUT2D eigenvalue weighted by atomic mass is 16.7. The van der Waals surface area contributed by atoms with Crippen molar-refractivity contribution in [3.63, 3.8) is 0 Å². The molecule has 1 aromatic carbocycles. The molecule has 1 aromatic rings. The Balaban J connectivity index is 2.55. The van der Waals surface area contributed by atoms with Crippen LogP contribution in [-0.4, -0.2) is 32.8 Å². The maximum atomic E-state index is 11.8. The van der Waals surface area contributed by atoms with E-state index in [9.17, 15) is 4.79 Å². The fourth-order valence-electron chi connectivity index (χ4n) is 1.41. The first-order chi connectivity index (χ1) is 8.29. The topological polar surface area (TPSA) is 73.6 Å². The van der Waals surface area contributed by atoms with Gasteiger partial charge in [-0.05, 0) is 24.6 Å². The predicted molar refractivity (Wildman–Crippen MR) is 64.5 cm³/mol. The van der Waals surface area contributed by atoms with Crippen LogP contribution in [0.3, 0.4) is 0 Å². The third-order valence-electron chi connectivity index (χ3n) is 2.23. The zero-order valence-electron chi connectivity index (χ0n) is 9.94. The molecule has 5 nitrogen and oxygen atoms in total. The van der Waals surface area contributed by atoms with Crippen molar-refractivity contribution in [3.05, 3.63) is 35.4 Å². The lowest BCUT2D eigenvalue weighted by molar-refractivity contribution is 0.00883. The molecule has 1 rings (SSSR count). The summed E-state index contributed by atoms with van der Waals surface area (Å²) in [6.07, 6.45) is 0.668. The molecular formula is C12H18N2O3. The molecule has 0 unspecified atom stereocenters. The van der Waals surface area contributed by atoms with E-state index in [1.54, 1.807) is 13.2 Å². The molecule has 94 valence electrons. The number of ether oxygens (including phenoxy) is 1. The fraction of sp³-hybridized carbons (Fsp3) is 0.417. The summed E-state index contributed by atoms with van der Waals surface area (Å²) in [5, 5.41) is 0. The van der Waals surface area contributed by atoms with Crippen molar-refractivity contribution < 1.29 is 14.4 Å². The van der Waals surface area contributed by atoms with Gasteiger partial charge in [0.15, 0.2) is 0 Å². The SMILES string of the molecule is COCCONC(=O)c1ccccc1CCN. The first-order valence-electron chi connectivity index (χ1n) is 5.48. The van der Waals surface area contributed by atoms with Crippen LogP contribution in [0.5, 0.6) is 0 Å². The van der Waals surface area contributed by atoms with Crippen molar-refractivity contribution >= 4 is 5.91 Å². The number of benzene rings is 1. The number of methoxy groups -OCH3 is 1. The van der Waals surface area contributed by atoms with E-state index in [-0.39, 0.29) is 5.91 Å². The summed E-state index contributed by atoms with van der Waals surface area (Å²) in [6.45, 7) is 1.26. The van der Waals surface area contributed by atoms with E-state index in [0.717, 1.165) is 5.56 Å². The van der Waals surface area contributed by atoms with Crippen LogP contribution in [-0.2, 0) is 16.0 Å². The summed E-state index contributed by atoms with van der Waals surface area (Å²) in [5.74, 6) is -0.259. The Bertz CT molecular complexity index is 355. The molecule has 0 bridgehead atoms. The Morgan fingerprint density at radius 3 is 2.82 bits per heavy atom. The molecule has 0 aromatic heterocycles. The summed E-state index contributed by atoms with van der Waals surface area (Å²) >= 11 is 0. The fourth-order valence-corrected chi connectivity index (χ4v) is 1.41. The predicted octanol–water partition coefficient (Wildman–Crippen LogP) is 0.496. The molecule has 0 radical (unpaired) electrons. The molecular weight excluding hydrogens is 220 g/mol. The normalized spacial score (nSPS) is 10.2. The van der Waals surface area contributed by atoms with Crippen LogP contribution < -0.4 is 11.2 Å². The molecule has 17 heavy (non-hydrogen) atoms. The Kier molecular flexibility index (Phi) is 6.24. The molecule has 1 amide bonds. The quantitative estimate of drug-likeness (QED) is 0.536. The van der Waals surface area contributed by atoms with Crippen LogP contribution >= 0.6 is 0 Å². The number of hydrogen-bond acceptors (Lipinski definition) is 4. The van der Waals surface area contributed by atoms with Crippen molar-refractivity contribution in [2.45, 2.75) is 6.42 Å². The number of carbonyl (C=O) groups is 1. The molecule has 0 spiro atoms. The second kappa shape index (κ2) is 7.78. The maximum Gasteiger partial charge on any atom is 0.275 e. The highest BCUT2D eigenvalue weighted by Crippen LogP contribution is 2.08. The number of hydrogen-bond donors (Lipinski definition) is 2. The van der Waals surface area contributed by atoms with Gasteiger partial charge in [0.2, 0.25) is 0 Å². The Morgan fingerprint density at radius 1 is 1.35 bits per heavy atom. The van der Waals surface area contributed by atoms with E-state index in [1.807, 2.05) is 18.2 Å². The van der Waals surface area contributed by atoms with Gasteiger partial charge in [0, 0.05) is 12.7 Å². The van der Waals surface area contributed by atoms with Crippen molar-refractivity contribution in [2.75, 3.05) is 26.9 Å². The summed E-state index contributed by atoms with van der Waals surface area (Å²) in [5.41, 5.74) is 9.37. The zero-order valence-corrected chi connectivity index (χ0v) is 9.94. The molecule has 5 heteroatoms. The Hall–Kier alpha value is -1.43. The summed E-state index contributed by atoms with van der Waals surface area (Å²) < 4.78 is 4.80. The first kappa shape index (κ1) is 13.6. The van der Waals surface area contributed by atoms with Gasteiger partial charge in [-0.2, -0.15) is 0 Å². The molecule has 0 aliphatic carbocycles. The zero-order chi connectivity index (χ0) is 12.5. The van der Waals surface area contributed by atoms with Crippen molar-refractivity contribution in [3.8, 4) is 0 Å². The monoisotopic (exact) mass is 238 g/mol. The van der Waals surface area contributed by atoms with Gasteiger partial charge in [0.05, 0.1) is 13.2 Å². The van der Waals surface area contributed by atoms with E-state index in [1.165, 1.54) is 0 Å². The number of amides is 1. The summed E-state index contributed by atoms with van der Waals surface area (Å²) in [7, 11) is 1.57. The van der Waals surface area contributed by atoms with Gasteiger partial charge >= 0.3 is 0 Å². The third kappa shape index (κ3) is 4.52. The van der Waals surface area contributed by atoms with E-state index in [4.69, 9.17) is 15.3 Å². The number of hydroxylamine groups is 1. The van der Waals surface area contributed by atoms with Gasteiger partial charge in [-0.1, -0.05) is 18.2 Å². The smallest absolute Gasteiger partial charge is 0.275 e. The first-order valence-corrected chi connectivity index (χ1v) is 5.48. The van der Waals surface area contributed by atoms with Crippen LogP contribution in [0.15, 0.2) is 24.3 Å². The summed E-state index contributed by atoms with van der Waals surface area (Å²) in [6, 6.07) is 7.33. The van der Waals surface area contributed by atoms with Gasteiger partial charge in [-0.25, -0.2) is 5.48 Å². The molecule has 0 saturated heterocycles. The second-order valence-electron chi connectivity index (χ2n) is 3.47. The minimum absolute atomic E-state index is 0.259. The van der Waals surface area contributed by atoms with E-state index < -0.39 is 0 Å². The Labute approximate surface area is 101 Å². The molecule has 0 saturated carbocycles. The van der Waals surface area contributed by atoms with E-state index >= 15 is 0 Å². The van der Waals surface area contributed by atoms with Gasteiger partial charge in [0.25, 0.3) is 5.91 Å². The van der Waals surface area contributed by atoms with E-state index in [0.29, 0.717) is 31.7 Å². The largest absolute Gasteiger partial charge is 0.382 e. The minimum Gasteiger partial charge on any atom is -0.382 e. The van der Waals surface area contributed by atoms with E-state index in [2.05, 4.69) is 5.48 Å².